The summed E-state index contributed by atoms with van der Waals surface area (Å²) in [7, 11) is 0. The van der Waals surface area contributed by atoms with Gasteiger partial charge in [-0.15, -0.1) is 0 Å². The van der Waals surface area contributed by atoms with E-state index in [0.29, 0.717) is 21.3 Å². The van der Waals surface area contributed by atoms with Gasteiger partial charge < -0.3 is 10.3 Å². The first-order valence-corrected chi connectivity index (χ1v) is 6.80. The first-order chi connectivity index (χ1) is 9.70. The molecule has 2 rings (SSSR count). The Kier molecular flexibility index (Phi) is 4.13. The molecule has 3 nitrogen and oxygen atoms in total. The van der Waals surface area contributed by atoms with Crippen molar-refractivity contribution in [2.24, 2.45) is 0 Å². The Bertz CT molecular complexity index is 721. The lowest BCUT2D eigenvalue weighted by molar-refractivity contribution is -0.137. The molecule has 2 N–H and O–H groups in total. The van der Waals surface area contributed by atoms with Gasteiger partial charge in [0, 0.05) is 6.20 Å². The molecule has 0 bridgehead atoms. The molecule has 1 aromatic carbocycles. The summed E-state index contributed by atoms with van der Waals surface area (Å²) in [5.41, 5.74) is 6.46. The summed E-state index contributed by atoms with van der Waals surface area (Å²) in [5.74, 6) is 0. The summed E-state index contributed by atoms with van der Waals surface area (Å²) in [6.07, 6.45) is -2.88. The normalized spacial score (nSPS) is 11.7. The summed E-state index contributed by atoms with van der Waals surface area (Å²) in [6.45, 7) is 1.86. The van der Waals surface area contributed by atoms with Gasteiger partial charge in [0.1, 0.15) is 0 Å². The highest BCUT2D eigenvalue weighted by Gasteiger charge is 2.29. The van der Waals surface area contributed by atoms with Crippen LogP contribution < -0.4 is 11.3 Å². The Morgan fingerprint density at radius 1 is 1.24 bits per heavy atom. The van der Waals surface area contributed by atoms with E-state index in [0.717, 1.165) is 12.1 Å². The third-order valence-electron chi connectivity index (χ3n) is 3.14. The molecule has 0 fully saturated rings. The zero-order chi connectivity index (χ0) is 15.8. The molecule has 0 atom stereocenters. The number of hydrogen-bond donors (Lipinski definition) is 1. The third kappa shape index (κ3) is 3.29. The van der Waals surface area contributed by atoms with Crippen molar-refractivity contribution in [2.75, 3.05) is 5.73 Å². The molecule has 0 spiro atoms. The largest absolute Gasteiger partial charge is 0.416 e. The number of rotatable bonds is 2. The van der Waals surface area contributed by atoms with Crippen LogP contribution in [0.1, 0.15) is 16.7 Å². The second-order valence-corrected chi connectivity index (χ2v) is 5.44. The first kappa shape index (κ1) is 15.6. The fraction of sp³-hybridized carbons (Fsp3) is 0.214. The van der Waals surface area contributed by atoms with Crippen LogP contribution in [0.2, 0.25) is 0 Å². The van der Waals surface area contributed by atoms with Crippen LogP contribution in [-0.2, 0) is 12.7 Å². The number of alkyl halides is 3. The standard InChI is InChI=1S/C14H12BrF3N2O/c1-8-11(19)7-20(13(21)12(8)15)6-9-2-4-10(5-3-9)14(16,17)18/h2-5,7H,6,19H2,1H3. The molecule has 0 saturated carbocycles. The van der Waals surface area contributed by atoms with Crippen molar-refractivity contribution in [3.05, 3.63) is 62.0 Å². The van der Waals surface area contributed by atoms with Gasteiger partial charge in [-0.05, 0) is 46.1 Å². The predicted octanol–water partition coefficient (Wildman–Crippen LogP) is 3.57. The van der Waals surface area contributed by atoms with Crippen LogP contribution in [0.25, 0.3) is 0 Å². The average Bonchev–Trinajstić information content (AvgIpc) is 2.42. The first-order valence-electron chi connectivity index (χ1n) is 6.01. The Morgan fingerprint density at radius 2 is 1.81 bits per heavy atom. The summed E-state index contributed by atoms with van der Waals surface area (Å²) in [6, 6.07) is 4.68. The van der Waals surface area contributed by atoms with E-state index < -0.39 is 11.7 Å². The number of aromatic nitrogens is 1. The second-order valence-electron chi connectivity index (χ2n) is 4.65. The lowest BCUT2D eigenvalue weighted by Crippen LogP contribution is -2.22. The Balaban J connectivity index is 2.33. The van der Waals surface area contributed by atoms with Crippen LogP contribution in [0.5, 0.6) is 0 Å². The van der Waals surface area contributed by atoms with Crippen LogP contribution in [0.15, 0.2) is 39.7 Å². The molecular weight excluding hydrogens is 349 g/mol. The van der Waals surface area contributed by atoms with Crippen LogP contribution in [0.3, 0.4) is 0 Å². The van der Waals surface area contributed by atoms with Gasteiger partial charge in [0.05, 0.1) is 22.3 Å². The molecule has 0 aliphatic carbocycles. The molecule has 7 heteroatoms. The van der Waals surface area contributed by atoms with Crippen LogP contribution >= 0.6 is 15.9 Å². The van der Waals surface area contributed by atoms with E-state index in [1.807, 2.05) is 0 Å². The van der Waals surface area contributed by atoms with E-state index in [1.54, 1.807) is 6.92 Å². The van der Waals surface area contributed by atoms with Gasteiger partial charge in [0.15, 0.2) is 0 Å². The highest BCUT2D eigenvalue weighted by molar-refractivity contribution is 9.10. The fourth-order valence-corrected chi connectivity index (χ4v) is 2.31. The van der Waals surface area contributed by atoms with Crippen molar-refractivity contribution < 1.29 is 13.2 Å². The van der Waals surface area contributed by atoms with Gasteiger partial charge in [-0.3, -0.25) is 4.79 Å². The molecule has 0 aliphatic rings. The van der Waals surface area contributed by atoms with Crippen molar-refractivity contribution >= 4 is 21.6 Å². The summed E-state index contributed by atoms with van der Waals surface area (Å²) >= 11 is 3.17. The van der Waals surface area contributed by atoms with Crippen LogP contribution in [0.4, 0.5) is 18.9 Å². The zero-order valence-electron chi connectivity index (χ0n) is 11.0. The minimum Gasteiger partial charge on any atom is -0.397 e. The molecule has 0 amide bonds. The predicted molar refractivity (Wildman–Crippen MR) is 78.1 cm³/mol. The maximum atomic E-state index is 12.5. The van der Waals surface area contributed by atoms with Crippen LogP contribution in [0, 0.1) is 6.92 Å². The van der Waals surface area contributed by atoms with E-state index >= 15 is 0 Å². The summed E-state index contributed by atoms with van der Waals surface area (Å²) in [4.78, 5) is 12.1. The number of anilines is 1. The highest BCUT2D eigenvalue weighted by atomic mass is 79.9. The fourth-order valence-electron chi connectivity index (χ4n) is 1.85. The molecule has 0 unspecified atom stereocenters. The quantitative estimate of drug-likeness (QED) is 0.889. The Hall–Kier alpha value is -1.76. The van der Waals surface area contributed by atoms with Crippen molar-refractivity contribution in [3.8, 4) is 0 Å². The molecule has 1 aromatic heterocycles. The van der Waals surface area contributed by atoms with E-state index in [4.69, 9.17) is 5.73 Å². The molecule has 1 heterocycles. The number of hydrogen-bond acceptors (Lipinski definition) is 2. The van der Waals surface area contributed by atoms with Gasteiger partial charge in [-0.2, -0.15) is 13.2 Å². The van der Waals surface area contributed by atoms with E-state index in [9.17, 15) is 18.0 Å². The summed E-state index contributed by atoms with van der Waals surface area (Å²) < 4.78 is 39.2. The van der Waals surface area contributed by atoms with E-state index in [-0.39, 0.29) is 12.1 Å². The maximum absolute atomic E-state index is 12.5. The van der Waals surface area contributed by atoms with Gasteiger partial charge in [0.2, 0.25) is 0 Å². The van der Waals surface area contributed by atoms with Crippen molar-refractivity contribution in [1.29, 1.82) is 0 Å². The second kappa shape index (κ2) is 5.55. The number of benzene rings is 1. The minimum absolute atomic E-state index is 0.153. The van der Waals surface area contributed by atoms with Crippen molar-refractivity contribution in [3.63, 3.8) is 0 Å². The van der Waals surface area contributed by atoms with Gasteiger partial charge in [0.25, 0.3) is 5.56 Å². The molecule has 112 valence electrons. The topological polar surface area (TPSA) is 48.0 Å². The SMILES string of the molecule is Cc1c(N)cn(Cc2ccc(C(F)(F)F)cc2)c(=O)c1Br. The van der Waals surface area contributed by atoms with Gasteiger partial charge >= 0.3 is 6.18 Å². The highest BCUT2D eigenvalue weighted by Crippen LogP contribution is 2.29. The van der Waals surface area contributed by atoms with Gasteiger partial charge in [-0.25, -0.2) is 0 Å². The molecular formula is C14H12BrF3N2O. The van der Waals surface area contributed by atoms with Crippen molar-refractivity contribution in [1.82, 2.24) is 4.57 Å². The molecule has 0 radical (unpaired) electrons. The number of nitrogens with two attached hydrogens (primary N) is 1. The molecule has 0 aliphatic heterocycles. The van der Waals surface area contributed by atoms with E-state index in [1.165, 1.54) is 22.9 Å². The van der Waals surface area contributed by atoms with Crippen molar-refractivity contribution in [2.45, 2.75) is 19.6 Å². The number of nitrogens with zero attached hydrogens (tertiary/aromatic N) is 1. The van der Waals surface area contributed by atoms with Gasteiger partial charge in [-0.1, -0.05) is 12.1 Å². The average molecular weight is 361 g/mol. The monoisotopic (exact) mass is 360 g/mol. The Labute approximate surface area is 127 Å². The lowest BCUT2D eigenvalue weighted by Gasteiger charge is -2.11. The number of halogens is 4. The maximum Gasteiger partial charge on any atom is 0.416 e. The molecule has 2 aromatic rings. The summed E-state index contributed by atoms with van der Waals surface area (Å²) in [5, 5.41) is 0. The number of pyridine rings is 1. The lowest BCUT2D eigenvalue weighted by atomic mass is 10.1. The Morgan fingerprint density at radius 3 is 2.33 bits per heavy atom. The minimum atomic E-state index is -4.37. The molecule has 0 saturated heterocycles. The zero-order valence-corrected chi connectivity index (χ0v) is 12.6. The third-order valence-corrected chi connectivity index (χ3v) is 4.07. The number of nitrogen functional groups attached to an aromatic ring is 1. The van der Waals surface area contributed by atoms with Crippen LogP contribution in [-0.4, -0.2) is 4.57 Å². The smallest absolute Gasteiger partial charge is 0.397 e. The van der Waals surface area contributed by atoms with E-state index in [2.05, 4.69) is 15.9 Å². The molecule has 21 heavy (non-hydrogen) atoms.